The van der Waals surface area contributed by atoms with Crippen LogP contribution < -0.4 is 9.47 Å². The SMILES string of the molecule is COc1cc(C=C2OC(C)CN3C2=NOC32COc3cc(F)ccc32)ccc1-n1cnc(C)c1. The van der Waals surface area contributed by atoms with Gasteiger partial charge in [0, 0.05) is 12.3 Å². The van der Waals surface area contributed by atoms with Crippen LogP contribution in [0.4, 0.5) is 4.39 Å². The number of benzene rings is 2. The first-order valence-electron chi connectivity index (χ1n) is 11.0. The summed E-state index contributed by atoms with van der Waals surface area (Å²) >= 11 is 0. The lowest BCUT2D eigenvalue weighted by Gasteiger charge is -2.38. The Hall–Kier alpha value is -4.01. The van der Waals surface area contributed by atoms with Gasteiger partial charge in [-0.1, -0.05) is 11.2 Å². The van der Waals surface area contributed by atoms with E-state index in [0.717, 1.165) is 22.5 Å². The number of oxime groups is 1. The van der Waals surface area contributed by atoms with Crippen molar-refractivity contribution in [2.24, 2.45) is 5.16 Å². The van der Waals surface area contributed by atoms with Crippen LogP contribution in [0.1, 0.15) is 23.7 Å². The average Bonchev–Trinajstić information content (AvgIpc) is 3.52. The molecule has 4 heterocycles. The van der Waals surface area contributed by atoms with E-state index in [9.17, 15) is 4.39 Å². The standard InChI is InChI=1S/C25H23FN4O4/c1-15-11-29(14-27-15)20-7-4-17(8-22(20)31-3)9-23-24-28-34-25(30(24)12-16(2)33-23)13-32-21-10-18(26)5-6-19(21)25/h4-11,14,16H,12-13H2,1-3H3. The molecule has 1 fully saturated rings. The van der Waals surface area contributed by atoms with Gasteiger partial charge in [0.15, 0.2) is 12.4 Å². The molecule has 1 aromatic heterocycles. The van der Waals surface area contributed by atoms with Gasteiger partial charge in [-0.05, 0) is 49.8 Å². The van der Waals surface area contributed by atoms with E-state index in [4.69, 9.17) is 19.0 Å². The first kappa shape index (κ1) is 20.6. The molecular weight excluding hydrogens is 439 g/mol. The fourth-order valence-electron chi connectivity index (χ4n) is 4.65. The predicted molar refractivity (Wildman–Crippen MR) is 122 cm³/mol. The van der Waals surface area contributed by atoms with Crippen molar-refractivity contribution in [2.45, 2.75) is 25.7 Å². The highest BCUT2D eigenvalue weighted by Gasteiger charge is 2.56. The average molecular weight is 462 g/mol. The van der Waals surface area contributed by atoms with Crippen LogP contribution in [0.25, 0.3) is 11.8 Å². The van der Waals surface area contributed by atoms with Crippen LogP contribution in [0.3, 0.4) is 0 Å². The highest BCUT2D eigenvalue weighted by Crippen LogP contribution is 2.47. The summed E-state index contributed by atoms with van der Waals surface area (Å²) in [6, 6.07) is 10.4. The highest BCUT2D eigenvalue weighted by molar-refractivity contribution is 6.02. The molecule has 6 rings (SSSR count). The third-order valence-corrected chi connectivity index (χ3v) is 6.24. The van der Waals surface area contributed by atoms with Crippen molar-refractivity contribution in [2.75, 3.05) is 20.3 Å². The van der Waals surface area contributed by atoms with Gasteiger partial charge < -0.3 is 28.5 Å². The molecule has 0 bridgehead atoms. The number of ether oxygens (including phenoxy) is 3. The van der Waals surface area contributed by atoms with Crippen molar-refractivity contribution >= 4 is 11.9 Å². The number of rotatable bonds is 3. The van der Waals surface area contributed by atoms with Crippen molar-refractivity contribution in [3.05, 3.63) is 77.3 Å². The van der Waals surface area contributed by atoms with E-state index < -0.39 is 5.72 Å². The lowest BCUT2D eigenvalue weighted by Crippen LogP contribution is -2.53. The molecule has 0 radical (unpaired) electrons. The van der Waals surface area contributed by atoms with Gasteiger partial charge in [-0.25, -0.2) is 9.37 Å². The number of aryl methyl sites for hydroxylation is 1. The molecule has 1 saturated heterocycles. The summed E-state index contributed by atoms with van der Waals surface area (Å²) in [6.45, 7) is 4.70. The number of hydrogen-bond donors (Lipinski definition) is 0. The van der Waals surface area contributed by atoms with E-state index in [-0.39, 0.29) is 18.5 Å². The normalized spacial score (nSPS) is 23.8. The summed E-state index contributed by atoms with van der Waals surface area (Å²) < 4.78 is 33.2. The largest absolute Gasteiger partial charge is 0.495 e. The molecule has 3 aliphatic heterocycles. The Balaban J connectivity index is 1.35. The molecule has 8 nitrogen and oxygen atoms in total. The maximum Gasteiger partial charge on any atom is 0.275 e. The number of methoxy groups -OCH3 is 1. The summed E-state index contributed by atoms with van der Waals surface area (Å²) in [5, 5.41) is 4.37. The van der Waals surface area contributed by atoms with Gasteiger partial charge in [0.25, 0.3) is 5.72 Å². The second-order valence-electron chi connectivity index (χ2n) is 8.62. The Morgan fingerprint density at radius 3 is 2.91 bits per heavy atom. The second kappa shape index (κ2) is 7.51. The van der Waals surface area contributed by atoms with Gasteiger partial charge in [0.05, 0.1) is 36.9 Å². The number of aromatic nitrogens is 2. The summed E-state index contributed by atoms with van der Waals surface area (Å²) in [4.78, 5) is 12.3. The van der Waals surface area contributed by atoms with Crippen LogP contribution in [-0.4, -0.2) is 46.7 Å². The molecule has 0 saturated carbocycles. The number of morpholine rings is 1. The number of halogens is 1. The molecule has 9 heteroatoms. The van der Waals surface area contributed by atoms with E-state index in [1.54, 1.807) is 19.5 Å². The Morgan fingerprint density at radius 2 is 2.12 bits per heavy atom. The predicted octanol–water partition coefficient (Wildman–Crippen LogP) is 3.98. The summed E-state index contributed by atoms with van der Waals surface area (Å²) in [5.74, 6) is 1.98. The van der Waals surface area contributed by atoms with Crippen molar-refractivity contribution in [3.63, 3.8) is 0 Å². The van der Waals surface area contributed by atoms with Crippen LogP contribution >= 0.6 is 0 Å². The van der Waals surface area contributed by atoms with Gasteiger partial charge in [-0.3, -0.25) is 0 Å². The Kier molecular flexibility index (Phi) is 4.55. The molecule has 0 aliphatic carbocycles. The minimum atomic E-state index is -0.934. The van der Waals surface area contributed by atoms with Gasteiger partial charge in [0.1, 0.15) is 23.4 Å². The molecule has 0 N–H and O–H groups in total. The van der Waals surface area contributed by atoms with Crippen LogP contribution in [0.2, 0.25) is 0 Å². The Bertz CT molecular complexity index is 1350. The maximum atomic E-state index is 13.7. The number of amidine groups is 1. The van der Waals surface area contributed by atoms with Crippen molar-refractivity contribution in [1.82, 2.24) is 14.5 Å². The fraction of sp³-hybridized carbons (Fsp3) is 0.280. The lowest BCUT2D eigenvalue weighted by atomic mass is 10.0. The van der Waals surface area contributed by atoms with Crippen molar-refractivity contribution in [1.29, 1.82) is 0 Å². The zero-order chi connectivity index (χ0) is 23.4. The minimum Gasteiger partial charge on any atom is -0.495 e. The summed E-state index contributed by atoms with van der Waals surface area (Å²) in [6.07, 6.45) is 5.49. The van der Waals surface area contributed by atoms with Gasteiger partial charge in [-0.2, -0.15) is 0 Å². The van der Waals surface area contributed by atoms with Gasteiger partial charge in [-0.15, -0.1) is 0 Å². The maximum absolute atomic E-state index is 13.7. The molecule has 0 amide bonds. The molecule has 2 unspecified atom stereocenters. The first-order valence-corrected chi connectivity index (χ1v) is 11.0. The highest BCUT2D eigenvalue weighted by atomic mass is 19.1. The molecule has 2 atom stereocenters. The zero-order valence-corrected chi connectivity index (χ0v) is 19.0. The van der Waals surface area contributed by atoms with E-state index in [0.29, 0.717) is 29.6 Å². The van der Waals surface area contributed by atoms with Crippen molar-refractivity contribution < 1.29 is 23.4 Å². The van der Waals surface area contributed by atoms with Crippen LogP contribution in [0, 0.1) is 12.7 Å². The quantitative estimate of drug-likeness (QED) is 0.587. The summed E-state index contributed by atoms with van der Waals surface area (Å²) in [5.41, 5.74) is 2.51. The fourth-order valence-corrected chi connectivity index (χ4v) is 4.65. The molecule has 3 aromatic rings. The smallest absolute Gasteiger partial charge is 0.275 e. The molecule has 2 aromatic carbocycles. The third-order valence-electron chi connectivity index (χ3n) is 6.24. The van der Waals surface area contributed by atoms with Crippen LogP contribution in [-0.2, 0) is 15.3 Å². The lowest BCUT2D eigenvalue weighted by molar-refractivity contribution is -0.124. The number of imidazole rings is 1. The third kappa shape index (κ3) is 3.11. The van der Waals surface area contributed by atoms with Gasteiger partial charge in [0.2, 0.25) is 5.84 Å². The summed E-state index contributed by atoms with van der Waals surface area (Å²) in [7, 11) is 1.64. The topological polar surface area (TPSA) is 70.3 Å². The molecular formula is C25H23FN4O4. The Labute approximate surface area is 195 Å². The van der Waals surface area contributed by atoms with Crippen molar-refractivity contribution in [3.8, 4) is 17.2 Å². The monoisotopic (exact) mass is 462 g/mol. The van der Waals surface area contributed by atoms with E-state index in [1.165, 1.54) is 12.1 Å². The molecule has 174 valence electrons. The second-order valence-corrected chi connectivity index (χ2v) is 8.62. The van der Waals surface area contributed by atoms with Crippen LogP contribution in [0.5, 0.6) is 11.5 Å². The van der Waals surface area contributed by atoms with Gasteiger partial charge >= 0.3 is 0 Å². The number of nitrogens with zero attached hydrogens (tertiary/aromatic N) is 4. The van der Waals surface area contributed by atoms with E-state index in [1.807, 2.05) is 53.8 Å². The molecule has 34 heavy (non-hydrogen) atoms. The number of hydrogen-bond acceptors (Lipinski definition) is 7. The number of fused-ring (bicyclic) bond motifs is 4. The first-order chi connectivity index (χ1) is 16.5. The zero-order valence-electron chi connectivity index (χ0n) is 19.0. The Morgan fingerprint density at radius 1 is 1.24 bits per heavy atom. The molecule has 3 aliphatic rings. The molecule has 1 spiro atoms. The van der Waals surface area contributed by atoms with Crippen LogP contribution in [0.15, 0.2) is 59.8 Å². The minimum absolute atomic E-state index is 0.122. The van der Waals surface area contributed by atoms with E-state index >= 15 is 0 Å². The van der Waals surface area contributed by atoms with E-state index in [2.05, 4.69) is 10.1 Å².